The zero-order chi connectivity index (χ0) is 14.7. The minimum absolute atomic E-state index is 0.230. The van der Waals surface area contributed by atoms with Crippen LogP contribution in [0.2, 0.25) is 0 Å². The van der Waals surface area contributed by atoms with E-state index in [9.17, 15) is 0 Å². The highest BCUT2D eigenvalue weighted by Crippen LogP contribution is 2.31. The molecular formula is C19H23NO. The molecular weight excluding hydrogens is 258 g/mol. The van der Waals surface area contributed by atoms with Crippen molar-refractivity contribution in [2.75, 3.05) is 13.7 Å². The second kappa shape index (κ2) is 6.42. The van der Waals surface area contributed by atoms with E-state index in [1.54, 1.807) is 0 Å². The van der Waals surface area contributed by atoms with Crippen molar-refractivity contribution in [3.63, 3.8) is 0 Å². The zero-order valence-electron chi connectivity index (χ0n) is 12.9. The Labute approximate surface area is 127 Å². The highest BCUT2D eigenvalue weighted by molar-refractivity contribution is 5.45. The maximum absolute atomic E-state index is 5.71. The molecule has 1 heterocycles. The van der Waals surface area contributed by atoms with Crippen LogP contribution in [0.25, 0.3) is 0 Å². The van der Waals surface area contributed by atoms with Gasteiger partial charge in [0.15, 0.2) is 0 Å². The topological polar surface area (TPSA) is 21.3 Å². The van der Waals surface area contributed by atoms with Gasteiger partial charge in [-0.3, -0.25) is 0 Å². The Morgan fingerprint density at radius 3 is 2.71 bits per heavy atom. The van der Waals surface area contributed by atoms with Gasteiger partial charge in [0, 0.05) is 0 Å². The molecule has 0 saturated heterocycles. The van der Waals surface area contributed by atoms with Gasteiger partial charge in [-0.15, -0.1) is 0 Å². The van der Waals surface area contributed by atoms with E-state index in [4.69, 9.17) is 4.74 Å². The molecule has 0 fully saturated rings. The second-order valence-electron chi connectivity index (χ2n) is 5.61. The molecule has 0 spiro atoms. The maximum Gasteiger partial charge on any atom is 0.0723 e. The average molecular weight is 281 g/mol. The molecule has 1 N–H and O–H groups in total. The summed E-state index contributed by atoms with van der Waals surface area (Å²) in [5, 5.41) is 3.48. The van der Waals surface area contributed by atoms with Gasteiger partial charge < -0.3 is 10.1 Å². The van der Waals surface area contributed by atoms with Crippen LogP contribution in [0, 0.1) is 0 Å². The van der Waals surface area contributed by atoms with E-state index in [-0.39, 0.29) is 6.04 Å². The van der Waals surface area contributed by atoms with Crippen LogP contribution in [0.4, 0.5) is 0 Å². The molecule has 2 aromatic rings. The smallest absolute Gasteiger partial charge is 0.0723 e. The van der Waals surface area contributed by atoms with Crippen molar-refractivity contribution >= 4 is 0 Å². The molecule has 1 aliphatic rings. The second-order valence-corrected chi connectivity index (χ2v) is 5.61. The van der Waals surface area contributed by atoms with Crippen LogP contribution in [0.5, 0.6) is 0 Å². The summed E-state index contributed by atoms with van der Waals surface area (Å²) in [6.07, 6.45) is 2.10. The van der Waals surface area contributed by atoms with Gasteiger partial charge in [-0.05, 0) is 47.7 Å². The lowest BCUT2D eigenvalue weighted by atomic mass is 9.88. The predicted octanol–water partition coefficient (Wildman–Crippen LogP) is 3.63. The quantitative estimate of drug-likeness (QED) is 0.924. The first-order chi connectivity index (χ1) is 10.3. The van der Waals surface area contributed by atoms with Crippen molar-refractivity contribution in [3.8, 4) is 0 Å². The Balaban J connectivity index is 2.11. The van der Waals surface area contributed by atoms with Crippen molar-refractivity contribution in [1.29, 1.82) is 0 Å². The van der Waals surface area contributed by atoms with Gasteiger partial charge in [0.2, 0.25) is 0 Å². The van der Waals surface area contributed by atoms with E-state index in [1.807, 2.05) is 7.05 Å². The molecule has 0 bridgehead atoms. The lowest BCUT2D eigenvalue weighted by Gasteiger charge is -2.26. The lowest BCUT2D eigenvalue weighted by molar-refractivity contribution is 0.109. The Hall–Kier alpha value is -1.64. The van der Waals surface area contributed by atoms with E-state index in [0.29, 0.717) is 0 Å². The third-order valence-electron chi connectivity index (χ3n) is 4.34. The molecule has 110 valence electrons. The Morgan fingerprint density at radius 1 is 1.19 bits per heavy atom. The summed E-state index contributed by atoms with van der Waals surface area (Å²) in [6.45, 7) is 3.80. The Bertz CT molecular complexity index is 606. The van der Waals surface area contributed by atoms with Gasteiger partial charge in [-0.25, -0.2) is 0 Å². The summed E-state index contributed by atoms with van der Waals surface area (Å²) in [5.41, 5.74) is 6.94. The summed E-state index contributed by atoms with van der Waals surface area (Å²) in [5.74, 6) is 0. The van der Waals surface area contributed by atoms with Crippen molar-refractivity contribution in [3.05, 3.63) is 70.3 Å². The highest BCUT2D eigenvalue weighted by atomic mass is 16.5. The largest absolute Gasteiger partial charge is 0.376 e. The fourth-order valence-corrected chi connectivity index (χ4v) is 3.19. The van der Waals surface area contributed by atoms with Crippen LogP contribution in [-0.2, 0) is 24.2 Å². The molecule has 2 nitrogen and oxygen atoms in total. The molecule has 0 amide bonds. The van der Waals surface area contributed by atoms with Crippen LogP contribution < -0.4 is 5.32 Å². The summed E-state index contributed by atoms with van der Waals surface area (Å²) in [7, 11) is 2.03. The third-order valence-corrected chi connectivity index (χ3v) is 4.34. The molecule has 1 aliphatic heterocycles. The van der Waals surface area contributed by atoms with E-state index >= 15 is 0 Å². The Kier molecular flexibility index (Phi) is 4.37. The summed E-state index contributed by atoms with van der Waals surface area (Å²) in [4.78, 5) is 0. The molecule has 0 saturated carbocycles. The number of hydrogen-bond donors (Lipinski definition) is 1. The van der Waals surface area contributed by atoms with Gasteiger partial charge in [0.25, 0.3) is 0 Å². The van der Waals surface area contributed by atoms with Gasteiger partial charge in [-0.2, -0.15) is 0 Å². The molecule has 2 aromatic carbocycles. The molecule has 1 atom stereocenters. The maximum atomic E-state index is 5.71. The average Bonchev–Trinajstić information content (AvgIpc) is 2.56. The number of rotatable bonds is 4. The lowest BCUT2D eigenvalue weighted by Crippen LogP contribution is -2.22. The van der Waals surface area contributed by atoms with Crippen LogP contribution in [0.3, 0.4) is 0 Å². The molecule has 0 aromatic heterocycles. The minimum Gasteiger partial charge on any atom is -0.376 e. The van der Waals surface area contributed by atoms with Crippen molar-refractivity contribution in [2.45, 2.75) is 32.4 Å². The standard InChI is InChI=1S/C19H23NO/c1-3-14-11-16-9-10-21-13-18(16)17(12-14)19(20-2)15-7-5-4-6-8-15/h4-8,11-12,19-20H,3,9-10,13H2,1-2H3/t19-/m0/s1. The van der Waals surface area contributed by atoms with Gasteiger partial charge in [0.1, 0.15) is 0 Å². The van der Waals surface area contributed by atoms with E-state index in [2.05, 4.69) is 54.7 Å². The van der Waals surface area contributed by atoms with Crippen LogP contribution in [0.1, 0.15) is 40.8 Å². The van der Waals surface area contributed by atoms with Crippen molar-refractivity contribution in [1.82, 2.24) is 5.32 Å². The first-order valence-corrected chi connectivity index (χ1v) is 7.78. The first kappa shape index (κ1) is 14.3. The fourth-order valence-electron chi connectivity index (χ4n) is 3.19. The normalized spacial score (nSPS) is 15.5. The Morgan fingerprint density at radius 2 is 2.00 bits per heavy atom. The summed E-state index contributed by atoms with van der Waals surface area (Å²) < 4.78 is 5.71. The monoisotopic (exact) mass is 281 g/mol. The van der Waals surface area contributed by atoms with Crippen molar-refractivity contribution in [2.24, 2.45) is 0 Å². The van der Waals surface area contributed by atoms with Gasteiger partial charge in [0.05, 0.1) is 19.3 Å². The van der Waals surface area contributed by atoms with Gasteiger partial charge in [-0.1, -0.05) is 49.4 Å². The number of nitrogens with one attached hydrogen (secondary N) is 1. The van der Waals surface area contributed by atoms with E-state index < -0.39 is 0 Å². The number of fused-ring (bicyclic) bond motifs is 1. The summed E-state index contributed by atoms with van der Waals surface area (Å²) in [6, 6.07) is 15.6. The minimum atomic E-state index is 0.230. The number of ether oxygens (including phenoxy) is 1. The first-order valence-electron chi connectivity index (χ1n) is 7.78. The zero-order valence-corrected chi connectivity index (χ0v) is 12.9. The van der Waals surface area contributed by atoms with E-state index in [1.165, 1.54) is 27.8 Å². The molecule has 21 heavy (non-hydrogen) atoms. The third kappa shape index (κ3) is 2.87. The van der Waals surface area contributed by atoms with Gasteiger partial charge >= 0.3 is 0 Å². The number of benzene rings is 2. The number of aryl methyl sites for hydroxylation is 1. The molecule has 0 aliphatic carbocycles. The molecule has 0 radical (unpaired) electrons. The fraction of sp³-hybridized carbons (Fsp3) is 0.368. The van der Waals surface area contributed by atoms with Crippen LogP contribution >= 0.6 is 0 Å². The predicted molar refractivity (Wildman–Crippen MR) is 86.5 cm³/mol. The molecule has 3 rings (SSSR count). The molecule has 0 unspecified atom stereocenters. The SMILES string of the molecule is CCc1cc2c(c([C@@H](NC)c3ccccc3)c1)COCC2. The summed E-state index contributed by atoms with van der Waals surface area (Å²) >= 11 is 0. The van der Waals surface area contributed by atoms with Crippen LogP contribution in [0.15, 0.2) is 42.5 Å². The van der Waals surface area contributed by atoms with E-state index in [0.717, 1.165) is 26.1 Å². The number of hydrogen-bond acceptors (Lipinski definition) is 2. The highest BCUT2D eigenvalue weighted by Gasteiger charge is 2.21. The van der Waals surface area contributed by atoms with Crippen molar-refractivity contribution < 1.29 is 4.74 Å². The molecule has 2 heteroatoms. The van der Waals surface area contributed by atoms with Crippen LogP contribution in [-0.4, -0.2) is 13.7 Å².